The van der Waals surface area contributed by atoms with E-state index in [1.165, 1.54) is 11.8 Å². The molecule has 1 aliphatic heterocycles. The molecule has 0 spiro atoms. The highest BCUT2D eigenvalue weighted by Crippen LogP contribution is 2.37. The molecule has 0 radical (unpaired) electrons. The summed E-state index contributed by atoms with van der Waals surface area (Å²) in [5.41, 5.74) is 6.45. The van der Waals surface area contributed by atoms with Gasteiger partial charge in [-0.3, -0.25) is 4.79 Å². The Morgan fingerprint density at radius 3 is 2.59 bits per heavy atom. The van der Waals surface area contributed by atoms with Gasteiger partial charge < -0.3 is 10.7 Å². The van der Waals surface area contributed by atoms with Crippen molar-refractivity contribution in [3.63, 3.8) is 0 Å². The smallest absolute Gasteiger partial charge is 0.240 e. The Balaban J connectivity index is 1.65. The van der Waals surface area contributed by atoms with Crippen molar-refractivity contribution in [1.29, 1.82) is 0 Å². The van der Waals surface area contributed by atoms with Crippen LogP contribution in [0.25, 0.3) is 0 Å². The summed E-state index contributed by atoms with van der Waals surface area (Å²) < 4.78 is 1.90. The minimum Gasteiger partial charge on any atom is -0.325 e. The van der Waals surface area contributed by atoms with Gasteiger partial charge in [-0.05, 0) is 24.6 Å². The Bertz CT molecular complexity index is 939. The molecule has 2 atom stereocenters. The molecule has 1 aliphatic rings. The van der Waals surface area contributed by atoms with Gasteiger partial charge in [0.1, 0.15) is 5.25 Å². The van der Waals surface area contributed by atoms with E-state index in [1.807, 2.05) is 73.1 Å². The molecular weight excluding hydrogens is 358 g/mol. The zero-order chi connectivity index (χ0) is 18.8. The van der Waals surface area contributed by atoms with Crippen molar-refractivity contribution in [2.24, 2.45) is 0 Å². The molecule has 0 fully saturated rings. The van der Waals surface area contributed by atoms with Crippen LogP contribution < -0.4 is 10.7 Å². The van der Waals surface area contributed by atoms with E-state index < -0.39 is 0 Å². The molecule has 4 rings (SSSR count). The van der Waals surface area contributed by atoms with Crippen LogP contribution in [-0.2, 0) is 11.2 Å². The van der Waals surface area contributed by atoms with Gasteiger partial charge in [-0.15, -0.1) is 10.2 Å². The first-order valence-electron chi connectivity index (χ1n) is 8.95. The second-order valence-electron chi connectivity index (χ2n) is 6.50. The number of aromatic nitrogens is 3. The van der Waals surface area contributed by atoms with Crippen LogP contribution in [0, 0.1) is 6.92 Å². The molecule has 2 heterocycles. The third kappa shape index (κ3) is 3.55. The number of nitrogens with zero attached hydrogens (tertiary/aromatic N) is 3. The van der Waals surface area contributed by atoms with Crippen molar-refractivity contribution in [1.82, 2.24) is 14.9 Å². The van der Waals surface area contributed by atoms with Crippen molar-refractivity contribution < 1.29 is 4.79 Å². The van der Waals surface area contributed by atoms with Crippen LogP contribution in [-0.4, -0.2) is 26.0 Å². The molecule has 138 valence electrons. The number of thioether (sulfide) groups is 1. The summed E-state index contributed by atoms with van der Waals surface area (Å²) >= 11 is 1.44. The van der Waals surface area contributed by atoms with Crippen molar-refractivity contribution >= 4 is 23.4 Å². The second-order valence-corrected chi connectivity index (χ2v) is 7.61. The number of amides is 1. The number of hydrogen-bond acceptors (Lipinski definition) is 5. The molecule has 0 bridgehead atoms. The number of aryl methyl sites for hydroxylation is 2. The number of carbonyl (C=O) groups is 1. The fraction of sp³-hybridized carbons (Fsp3) is 0.250. The van der Waals surface area contributed by atoms with Gasteiger partial charge >= 0.3 is 0 Å². The molecular formula is C20H21N5OS. The Morgan fingerprint density at radius 2 is 1.89 bits per heavy atom. The van der Waals surface area contributed by atoms with Gasteiger partial charge in [0.2, 0.25) is 11.1 Å². The third-order valence-electron chi connectivity index (χ3n) is 4.56. The van der Waals surface area contributed by atoms with Gasteiger partial charge in [-0.25, -0.2) is 4.68 Å². The fourth-order valence-electron chi connectivity index (χ4n) is 3.09. The molecule has 27 heavy (non-hydrogen) atoms. The number of carbonyl (C=O) groups excluding carboxylic acids is 1. The van der Waals surface area contributed by atoms with Crippen LogP contribution in [0.15, 0.2) is 59.8 Å². The first-order valence-corrected chi connectivity index (χ1v) is 9.83. The standard InChI is InChI=1S/C20H21N5OS/c1-3-16-22-23-20-25(16)24-17(14-7-5-4-6-8-14)18(27-20)19(26)21-15-11-9-13(2)10-12-15/h4-12,17-18,24H,3H2,1-2H3,(H,21,26)/t17-,18-/m1/s1. The number of rotatable bonds is 4. The lowest BCUT2D eigenvalue weighted by molar-refractivity contribution is -0.116. The molecule has 6 nitrogen and oxygen atoms in total. The molecule has 0 saturated heterocycles. The number of benzene rings is 2. The van der Waals surface area contributed by atoms with Gasteiger partial charge in [0, 0.05) is 12.1 Å². The van der Waals surface area contributed by atoms with Crippen LogP contribution in [0.2, 0.25) is 0 Å². The van der Waals surface area contributed by atoms with E-state index in [-0.39, 0.29) is 17.2 Å². The van der Waals surface area contributed by atoms with Crippen molar-refractivity contribution in [2.75, 3.05) is 10.7 Å². The number of nitrogens with one attached hydrogen (secondary N) is 2. The summed E-state index contributed by atoms with van der Waals surface area (Å²) in [7, 11) is 0. The highest BCUT2D eigenvalue weighted by atomic mass is 32.2. The van der Waals surface area contributed by atoms with Crippen LogP contribution >= 0.6 is 11.8 Å². The lowest BCUT2D eigenvalue weighted by Crippen LogP contribution is -2.41. The molecule has 0 saturated carbocycles. The fourth-order valence-corrected chi connectivity index (χ4v) is 4.19. The Labute approximate surface area is 162 Å². The molecule has 0 aliphatic carbocycles. The predicted octanol–water partition coefficient (Wildman–Crippen LogP) is 3.55. The summed E-state index contributed by atoms with van der Waals surface area (Å²) in [5, 5.41) is 11.8. The summed E-state index contributed by atoms with van der Waals surface area (Å²) in [6.07, 6.45) is 0.766. The van der Waals surface area contributed by atoms with E-state index in [2.05, 4.69) is 20.9 Å². The lowest BCUT2D eigenvalue weighted by Gasteiger charge is -2.33. The lowest BCUT2D eigenvalue weighted by atomic mass is 10.0. The zero-order valence-electron chi connectivity index (χ0n) is 15.2. The van der Waals surface area contributed by atoms with Gasteiger partial charge in [-0.1, -0.05) is 66.7 Å². The van der Waals surface area contributed by atoms with Crippen molar-refractivity contribution in [2.45, 2.75) is 36.7 Å². The van der Waals surface area contributed by atoms with Gasteiger partial charge in [0.15, 0.2) is 5.82 Å². The normalized spacial score (nSPS) is 18.4. The number of anilines is 1. The third-order valence-corrected chi connectivity index (χ3v) is 5.77. The molecule has 3 aromatic rings. The van der Waals surface area contributed by atoms with Crippen LogP contribution in [0.1, 0.15) is 29.9 Å². The van der Waals surface area contributed by atoms with Gasteiger partial charge in [0.25, 0.3) is 0 Å². The van der Waals surface area contributed by atoms with Crippen LogP contribution in [0.4, 0.5) is 5.69 Å². The van der Waals surface area contributed by atoms with E-state index in [4.69, 9.17) is 0 Å². The molecule has 1 amide bonds. The highest BCUT2D eigenvalue weighted by molar-refractivity contribution is 8.00. The van der Waals surface area contributed by atoms with E-state index in [0.717, 1.165) is 29.1 Å². The number of fused-ring (bicyclic) bond motifs is 1. The maximum Gasteiger partial charge on any atom is 0.240 e. The average molecular weight is 379 g/mol. The average Bonchev–Trinajstić information content (AvgIpc) is 3.11. The van der Waals surface area contributed by atoms with E-state index >= 15 is 0 Å². The summed E-state index contributed by atoms with van der Waals surface area (Å²) in [4.78, 5) is 13.1. The highest BCUT2D eigenvalue weighted by Gasteiger charge is 2.37. The molecule has 2 N–H and O–H groups in total. The summed E-state index contributed by atoms with van der Waals surface area (Å²) in [5.74, 6) is 0.799. The Kier molecular flexibility index (Phi) is 4.85. The largest absolute Gasteiger partial charge is 0.325 e. The van der Waals surface area contributed by atoms with Gasteiger partial charge in [0.05, 0.1) is 6.04 Å². The van der Waals surface area contributed by atoms with Gasteiger partial charge in [-0.2, -0.15) is 0 Å². The monoisotopic (exact) mass is 379 g/mol. The molecule has 0 unspecified atom stereocenters. The zero-order valence-corrected chi connectivity index (χ0v) is 16.0. The first-order chi connectivity index (χ1) is 13.2. The Hall–Kier alpha value is -2.80. The maximum absolute atomic E-state index is 13.1. The predicted molar refractivity (Wildman–Crippen MR) is 107 cm³/mol. The van der Waals surface area contributed by atoms with E-state index in [1.54, 1.807) is 0 Å². The first kappa shape index (κ1) is 17.6. The van der Waals surface area contributed by atoms with Crippen LogP contribution in [0.5, 0.6) is 0 Å². The maximum atomic E-state index is 13.1. The summed E-state index contributed by atoms with van der Waals surface area (Å²) in [6, 6.07) is 17.6. The topological polar surface area (TPSA) is 71.8 Å². The molecule has 1 aromatic heterocycles. The second kappa shape index (κ2) is 7.44. The minimum atomic E-state index is -0.366. The van der Waals surface area contributed by atoms with Crippen molar-refractivity contribution in [3.05, 3.63) is 71.5 Å². The minimum absolute atomic E-state index is 0.0579. The quantitative estimate of drug-likeness (QED) is 0.725. The summed E-state index contributed by atoms with van der Waals surface area (Å²) in [6.45, 7) is 4.06. The SMILES string of the molecule is CCc1nnc2n1N[C@H](c1ccccc1)[C@H](C(=O)Nc1ccc(C)cc1)S2. The molecule has 2 aromatic carbocycles. The number of hydrogen-bond donors (Lipinski definition) is 2. The Morgan fingerprint density at radius 1 is 1.15 bits per heavy atom. The van der Waals surface area contributed by atoms with Crippen LogP contribution in [0.3, 0.4) is 0 Å². The van der Waals surface area contributed by atoms with E-state index in [0.29, 0.717) is 5.16 Å². The van der Waals surface area contributed by atoms with Crippen molar-refractivity contribution in [3.8, 4) is 0 Å². The van der Waals surface area contributed by atoms with E-state index in [9.17, 15) is 4.79 Å². The molecule has 7 heteroatoms.